The van der Waals surface area contributed by atoms with Gasteiger partial charge < -0.3 is 5.32 Å². The molecule has 0 aliphatic heterocycles. The van der Waals surface area contributed by atoms with Gasteiger partial charge >= 0.3 is 0 Å². The predicted molar refractivity (Wildman–Crippen MR) is 139 cm³/mol. The molecule has 0 aliphatic rings. The van der Waals surface area contributed by atoms with E-state index in [1.165, 1.54) is 22.9 Å². The Hall–Kier alpha value is -4.18. The molecule has 194 valence electrons. The van der Waals surface area contributed by atoms with E-state index in [2.05, 4.69) is 20.5 Å². The summed E-state index contributed by atoms with van der Waals surface area (Å²) in [6.07, 6.45) is -2.74. The summed E-state index contributed by atoms with van der Waals surface area (Å²) < 4.78 is 44.3. The van der Waals surface area contributed by atoms with Gasteiger partial charge in [0.05, 0.1) is 23.3 Å². The number of alkyl halides is 2. The average molecular weight is 539 g/mol. The Labute approximate surface area is 220 Å². The Balaban J connectivity index is 1.40. The van der Waals surface area contributed by atoms with E-state index in [-0.39, 0.29) is 34.7 Å². The largest absolute Gasteiger partial charge is 0.308 e. The van der Waals surface area contributed by atoms with E-state index in [1.807, 2.05) is 13.0 Å². The van der Waals surface area contributed by atoms with Crippen molar-refractivity contribution in [1.82, 2.24) is 24.5 Å². The predicted octanol–water partition coefficient (Wildman–Crippen LogP) is 6.33. The van der Waals surface area contributed by atoms with Gasteiger partial charge in [0.15, 0.2) is 11.5 Å². The number of rotatable bonds is 7. The molecule has 11 heteroatoms. The number of aromatic nitrogens is 5. The van der Waals surface area contributed by atoms with Crippen molar-refractivity contribution >= 4 is 34.4 Å². The minimum Gasteiger partial charge on any atom is -0.308 e. The van der Waals surface area contributed by atoms with Crippen LogP contribution in [0, 0.1) is 19.7 Å². The van der Waals surface area contributed by atoms with E-state index in [9.17, 15) is 18.0 Å². The van der Waals surface area contributed by atoms with Crippen LogP contribution in [-0.2, 0) is 17.9 Å². The van der Waals surface area contributed by atoms with Crippen molar-refractivity contribution in [2.24, 2.45) is 0 Å². The lowest BCUT2D eigenvalue weighted by molar-refractivity contribution is -0.116. The molecule has 0 aliphatic carbocycles. The summed E-state index contributed by atoms with van der Waals surface area (Å²) >= 11 is 6.13. The smallest absolute Gasteiger partial charge is 0.264 e. The van der Waals surface area contributed by atoms with E-state index in [0.29, 0.717) is 28.3 Å². The van der Waals surface area contributed by atoms with Crippen molar-refractivity contribution < 1.29 is 18.0 Å². The lowest BCUT2D eigenvalue weighted by Crippen LogP contribution is -2.20. The molecule has 1 N–H and O–H groups in total. The van der Waals surface area contributed by atoms with Crippen LogP contribution in [0.4, 0.5) is 19.0 Å². The van der Waals surface area contributed by atoms with E-state index in [1.54, 1.807) is 48.0 Å². The van der Waals surface area contributed by atoms with Crippen LogP contribution in [0.2, 0.25) is 5.02 Å². The fourth-order valence-corrected chi connectivity index (χ4v) is 4.51. The maximum atomic E-state index is 14.0. The Kier molecular flexibility index (Phi) is 6.90. The van der Waals surface area contributed by atoms with E-state index < -0.39 is 18.1 Å². The van der Waals surface area contributed by atoms with Gasteiger partial charge in [-0.1, -0.05) is 48.0 Å². The van der Waals surface area contributed by atoms with Crippen LogP contribution in [0.25, 0.3) is 22.3 Å². The monoisotopic (exact) mass is 538 g/mol. The summed E-state index contributed by atoms with van der Waals surface area (Å²) in [7, 11) is 0. The van der Waals surface area contributed by atoms with Gasteiger partial charge in [-0.3, -0.25) is 9.48 Å². The summed E-state index contributed by atoms with van der Waals surface area (Å²) in [5, 5.41) is 11.9. The van der Waals surface area contributed by atoms with Gasteiger partial charge in [-0.05, 0) is 37.6 Å². The molecule has 3 aromatic heterocycles. The molecule has 0 radical (unpaired) electrons. The number of halogens is 4. The first kappa shape index (κ1) is 25.5. The molecule has 0 saturated carbocycles. The lowest BCUT2D eigenvalue weighted by atomic mass is 10.1. The van der Waals surface area contributed by atoms with Gasteiger partial charge in [0.25, 0.3) is 6.43 Å². The van der Waals surface area contributed by atoms with Crippen LogP contribution in [-0.4, -0.2) is 30.5 Å². The third kappa shape index (κ3) is 5.12. The molecule has 2 aromatic carbocycles. The Morgan fingerprint density at radius 1 is 1.03 bits per heavy atom. The van der Waals surface area contributed by atoms with E-state index in [0.717, 1.165) is 5.69 Å². The van der Waals surface area contributed by atoms with E-state index in [4.69, 9.17) is 11.6 Å². The number of hydrogen-bond donors (Lipinski definition) is 1. The standard InChI is InChI=1S/C27H22ClF3N6O/c1-15-10-23(35-36(15)13-18-8-9-19(29)11-21(18)28)33-24(38)14-37-27-25(16(2)34-37)20(26(30)31)12-22(32-27)17-6-4-3-5-7-17/h3-12,26H,13-14H2,1-2H3,(H,33,35,38). The molecule has 0 saturated heterocycles. The van der Waals surface area contributed by atoms with Crippen molar-refractivity contribution in [3.8, 4) is 11.3 Å². The number of pyridine rings is 1. The first-order valence-electron chi connectivity index (χ1n) is 11.7. The molecule has 0 bridgehead atoms. The number of hydrogen-bond acceptors (Lipinski definition) is 4. The molecule has 3 heterocycles. The Morgan fingerprint density at radius 2 is 1.79 bits per heavy atom. The normalized spacial score (nSPS) is 11.4. The molecule has 0 unspecified atom stereocenters. The van der Waals surface area contributed by atoms with Crippen LogP contribution in [0.15, 0.2) is 60.7 Å². The van der Waals surface area contributed by atoms with Crippen molar-refractivity contribution in [2.45, 2.75) is 33.4 Å². The number of amides is 1. The molecule has 38 heavy (non-hydrogen) atoms. The maximum Gasteiger partial charge on any atom is 0.264 e. The number of carbonyl (C=O) groups is 1. The molecule has 0 spiro atoms. The van der Waals surface area contributed by atoms with Crippen LogP contribution < -0.4 is 5.32 Å². The highest BCUT2D eigenvalue weighted by atomic mass is 35.5. The fourth-order valence-electron chi connectivity index (χ4n) is 4.29. The maximum absolute atomic E-state index is 14.0. The number of nitrogens with zero attached hydrogens (tertiary/aromatic N) is 5. The van der Waals surface area contributed by atoms with Gasteiger partial charge in [-0.2, -0.15) is 10.2 Å². The number of fused-ring (bicyclic) bond motifs is 1. The first-order chi connectivity index (χ1) is 18.2. The van der Waals surface area contributed by atoms with Crippen molar-refractivity contribution in [2.75, 3.05) is 5.32 Å². The van der Waals surface area contributed by atoms with E-state index >= 15 is 0 Å². The molecular weight excluding hydrogens is 517 g/mol. The quantitative estimate of drug-likeness (QED) is 0.263. The second-order valence-electron chi connectivity index (χ2n) is 8.82. The molecule has 0 atom stereocenters. The molecule has 5 aromatic rings. The summed E-state index contributed by atoms with van der Waals surface area (Å²) in [5.74, 6) is -0.592. The first-order valence-corrected chi connectivity index (χ1v) is 12.1. The molecule has 7 nitrogen and oxygen atoms in total. The fraction of sp³-hybridized carbons (Fsp3) is 0.185. The molecular formula is C27H22ClF3N6O. The molecule has 1 amide bonds. The summed E-state index contributed by atoms with van der Waals surface area (Å²) in [6, 6.07) is 16.1. The number of anilines is 1. The third-order valence-corrected chi connectivity index (χ3v) is 6.44. The highest BCUT2D eigenvalue weighted by Crippen LogP contribution is 2.33. The number of benzene rings is 2. The number of carbonyl (C=O) groups excluding carboxylic acids is 1. The van der Waals surface area contributed by atoms with Gasteiger partial charge in [0, 0.05) is 27.9 Å². The van der Waals surface area contributed by atoms with Crippen molar-refractivity contribution in [1.29, 1.82) is 0 Å². The molecule has 5 rings (SSSR count). The number of aryl methyl sites for hydroxylation is 2. The zero-order valence-corrected chi connectivity index (χ0v) is 21.2. The minimum absolute atomic E-state index is 0.188. The minimum atomic E-state index is -2.74. The second kappa shape index (κ2) is 10.3. The third-order valence-electron chi connectivity index (χ3n) is 6.09. The molecule has 0 fully saturated rings. The number of nitrogens with one attached hydrogen (secondary N) is 1. The van der Waals surface area contributed by atoms with Gasteiger partial charge in [0.2, 0.25) is 5.91 Å². The van der Waals surface area contributed by atoms with Crippen LogP contribution in [0.3, 0.4) is 0 Å². The van der Waals surface area contributed by atoms with Gasteiger partial charge in [-0.25, -0.2) is 22.8 Å². The summed E-state index contributed by atoms with van der Waals surface area (Å²) in [5.41, 5.74) is 2.82. The highest BCUT2D eigenvalue weighted by molar-refractivity contribution is 6.31. The lowest BCUT2D eigenvalue weighted by Gasteiger charge is -2.09. The van der Waals surface area contributed by atoms with Crippen molar-refractivity contribution in [3.05, 3.63) is 94.0 Å². The summed E-state index contributed by atoms with van der Waals surface area (Å²) in [6.45, 7) is 3.45. The second-order valence-corrected chi connectivity index (χ2v) is 9.22. The zero-order chi connectivity index (χ0) is 27.0. The van der Waals surface area contributed by atoms with Crippen molar-refractivity contribution in [3.63, 3.8) is 0 Å². The summed E-state index contributed by atoms with van der Waals surface area (Å²) in [4.78, 5) is 17.5. The Bertz CT molecular complexity index is 1650. The van der Waals surface area contributed by atoms with Crippen LogP contribution in [0.1, 0.15) is 28.9 Å². The SMILES string of the molecule is Cc1nn(CC(=O)Nc2cc(C)n(Cc3ccc(F)cc3Cl)n2)c2nc(-c3ccccc3)cc(C(F)F)c12. The van der Waals surface area contributed by atoms with Crippen LogP contribution >= 0.6 is 11.6 Å². The van der Waals surface area contributed by atoms with Crippen LogP contribution in [0.5, 0.6) is 0 Å². The van der Waals surface area contributed by atoms with Gasteiger partial charge in [0.1, 0.15) is 12.4 Å². The zero-order valence-electron chi connectivity index (χ0n) is 20.4. The van der Waals surface area contributed by atoms with Gasteiger partial charge in [-0.15, -0.1) is 0 Å². The average Bonchev–Trinajstić information content (AvgIpc) is 3.38. The Morgan fingerprint density at radius 3 is 2.50 bits per heavy atom. The topological polar surface area (TPSA) is 77.6 Å². The highest BCUT2D eigenvalue weighted by Gasteiger charge is 2.22.